The molecule has 1 saturated heterocycles. The Kier molecular flexibility index (Phi) is 8.36. The molecule has 0 unspecified atom stereocenters. The number of carbonyl (C=O) groups is 1. The second-order valence-corrected chi connectivity index (χ2v) is 13.2. The topological polar surface area (TPSA) is 138 Å². The fraction of sp³-hybridized carbons (Fsp3) is 0.320. The highest BCUT2D eigenvalue weighted by atomic mass is 35.5. The van der Waals surface area contributed by atoms with E-state index in [4.69, 9.17) is 11.6 Å². The summed E-state index contributed by atoms with van der Waals surface area (Å²) in [4.78, 5) is 21.0. The number of nitrogens with one attached hydrogen (secondary N) is 2. The summed E-state index contributed by atoms with van der Waals surface area (Å²) < 4.78 is 54.8. The summed E-state index contributed by atoms with van der Waals surface area (Å²) >= 11 is 5.96. The summed E-state index contributed by atoms with van der Waals surface area (Å²) in [6.07, 6.45) is 0.764. The van der Waals surface area contributed by atoms with Crippen molar-refractivity contribution in [2.75, 3.05) is 23.1 Å². The Morgan fingerprint density at radius 3 is 2.21 bits per heavy atom. The van der Waals surface area contributed by atoms with Crippen molar-refractivity contribution in [1.29, 1.82) is 0 Å². The van der Waals surface area contributed by atoms with Crippen LogP contribution in [0.5, 0.6) is 0 Å². The van der Waals surface area contributed by atoms with Crippen molar-refractivity contribution in [3.05, 3.63) is 76.6 Å². The number of carbonyl (C=O) groups excluding carboxylic acids is 1. The summed E-state index contributed by atoms with van der Waals surface area (Å²) in [7, 11) is -7.45. The molecule has 38 heavy (non-hydrogen) atoms. The molecular weight excluding hydrogens is 550 g/mol. The molecule has 13 heteroatoms. The van der Waals surface area contributed by atoms with Gasteiger partial charge in [-0.3, -0.25) is 4.79 Å². The molecule has 4 rings (SSSR count). The zero-order valence-corrected chi connectivity index (χ0v) is 23.3. The number of benzene rings is 2. The number of piperidine rings is 1. The van der Waals surface area contributed by atoms with Gasteiger partial charge in [0.05, 0.1) is 10.6 Å². The molecule has 2 N–H and O–H groups in total. The molecule has 3 aromatic rings. The van der Waals surface area contributed by atoms with Gasteiger partial charge in [0.15, 0.2) is 0 Å². The normalized spacial score (nSPS) is 15.2. The van der Waals surface area contributed by atoms with Crippen molar-refractivity contribution in [2.24, 2.45) is 5.92 Å². The number of sulfonamides is 2. The Labute approximate surface area is 227 Å². The van der Waals surface area contributed by atoms with E-state index < -0.39 is 20.0 Å². The van der Waals surface area contributed by atoms with Crippen LogP contribution in [0.2, 0.25) is 5.02 Å². The van der Waals surface area contributed by atoms with Gasteiger partial charge in [-0.1, -0.05) is 23.7 Å². The monoisotopic (exact) mass is 577 g/mol. The van der Waals surface area contributed by atoms with Crippen molar-refractivity contribution >= 4 is 49.2 Å². The quantitative estimate of drug-likeness (QED) is 0.416. The summed E-state index contributed by atoms with van der Waals surface area (Å²) in [5.41, 5.74) is 2.32. The molecule has 0 radical (unpaired) electrons. The maximum Gasteiger partial charge on any atom is 0.264 e. The van der Waals surface area contributed by atoms with Crippen LogP contribution in [0, 0.1) is 19.8 Å². The number of hydrogen-bond acceptors (Lipinski definition) is 7. The molecule has 2 heterocycles. The lowest BCUT2D eigenvalue weighted by molar-refractivity contribution is -0.120. The van der Waals surface area contributed by atoms with E-state index in [0.29, 0.717) is 40.5 Å². The first-order valence-corrected chi connectivity index (χ1v) is 15.4. The van der Waals surface area contributed by atoms with Crippen LogP contribution in [0.3, 0.4) is 0 Å². The second-order valence-electron chi connectivity index (χ2n) is 9.15. The van der Waals surface area contributed by atoms with Gasteiger partial charge in [0.2, 0.25) is 21.9 Å². The Morgan fingerprint density at radius 1 is 0.974 bits per heavy atom. The molecule has 0 bridgehead atoms. The molecule has 0 aliphatic carbocycles. The van der Waals surface area contributed by atoms with Crippen molar-refractivity contribution in [3.8, 4) is 0 Å². The molecule has 10 nitrogen and oxygen atoms in total. The zero-order valence-electron chi connectivity index (χ0n) is 20.9. The fourth-order valence-electron chi connectivity index (χ4n) is 4.24. The van der Waals surface area contributed by atoms with Crippen molar-refractivity contribution in [1.82, 2.24) is 14.3 Å². The van der Waals surface area contributed by atoms with Gasteiger partial charge in [0, 0.05) is 41.1 Å². The molecule has 202 valence electrons. The predicted molar refractivity (Wildman–Crippen MR) is 146 cm³/mol. The highest BCUT2D eigenvalue weighted by Gasteiger charge is 2.31. The zero-order chi connectivity index (χ0) is 27.5. The van der Waals surface area contributed by atoms with Gasteiger partial charge in [-0.05, 0) is 74.7 Å². The molecule has 1 aromatic heterocycles. The third-order valence-corrected chi connectivity index (χ3v) is 9.53. The average Bonchev–Trinajstić information content (AvgIpc) is 2.83. The third kappa shape index (κ3) is 7.07. The highest BCUT2D eigenvalue weighted by molar-refractivity contribution is 7.92. The number of amides is 1. The van der Waals surface area contributed by atoms with E-state index in [2.05, 4.69) is 20.0 Å². The minimum Gasteiger partial charge on any atom is -0.326 e. The van der Waals surface area contributed by atoms with Gasteiger partial charge < -0.3 is 5.32 Å². The standard InChI is InChI=1S/C25H28ClN5O5S2/c1-17-14-18(2)28-25(27-17)30-38(35,36)23-8-6-22(7-9-23)29-24(32)20-10-12-31(13-11-20)37(33,34)16-19-4-3-5-21(26)15-19/h3-9,14-15,20H,10-13,16H2,1-2H3,(H,29,32)(H,27,28,30). The van der Waals surface area contributed by atoms with Crippen LogP contribution in [0.1, 0.15) is 29.8 Å². The first-order valence-electron chi connectivity index (χ1n) is 11.9. The number of aryl methyl sites for hydroxylation is 2. The van der Waals surface area contributed by atoms with Crippen molar-refractivity contribution in [2.45, 2.75) is 37.3 Å². The minimum atomic E-state index is -3.92. The van der Waals surface area contributed by atoms with E-state index in [9.17, 15) is 21.6 Å². The van der Waals surface area contributed by atoms with Crippen molar-refractivity contribution < 1.29 is 21.6 Å². The number of anilines is 2. The number of hydrogen-bond donors (Lipinski definition) is 2. The number of rotatable bonds is 8. The van der Waals surface area contributed by atoms with Crippen LogP contribution in [-0.2, 0) is 30.6 Å². The van der Waals surface area contributed by atoms with Crippen LogP contribution >= 0.6 is 11.6 Å². The SMILES string of the molecule is Cc1cc(C)nc(NS(=O)(=O)c2ccc(NC(=O)C3CCN(S(=O)(=O)Cc4cccc(Cl)c4)CC3)cc2)n1. The first kappa shape index (κ1) is 28.0. The van der Waals surface area contributed by atoms with E-state index in [1.165, 1.54) is 28.6 Å². The van der Waals surface area contributed by atoms with Gasteiger partial charge in [-0.15, -0.1) is 0 Å². The smallest absolute Gasteiger partial charge is 0.264 e. The molecule has 0 saturated carbocycles. The van der Waals surface area contributed by atoms with Crippen LogP contribution in [0.4, 0.5) is 11.6 Å². The van der Waals surface area contributed by atoms with Gasteiger partial charge in [-0.25, -0.2) is 35.8 Å². The van der Waals surface area contributed by atoms with Gasteiger partial charge in [-0.2, -0.15) is 0 Å². The molecule has 2 aromatic carbocycles. The number of halogens is 1. The predicted octanol–water partition coefficient (Wildman–Crippen LogP) is 3.73. The largest absolute Gasteiger partial charge is 0.326 e. The first-order chi connectivity index (χ1) is 17.9. The Bertz CT molecular complexity index is 1520. The maximum atomic E-state index is 12.8. The Morgan fingerprint density at radius 2 is 1.61 bits per heavy atom. The van der Waals surface area contributed by atoms with E-state index in [1.807, 2.05) is 0 Å². The average molecular weight is 578 g/mol. The highest BCUT2D eigenvalue weighted by Crippen LogP contribution is 2.24. The Balaban J connectivity index is 1.32. The molecule has 0 spiro atoms. The fourth-order valence-corrected chi connectivity index (χ4v) is 6.94. The van der Waals surface area contributed by atoms with Gasteiger partial charge >= 0.3 is 0 Å². The summed E-state index contributed by atoms with van der Waals surface area (Å²) in [6, 6.07) is 14.2. The summed E-state index contributed by atoms with van der Waals surface area (Å²) in [6.45, 7) is 3.97. The maximum absolute atomic E-state index is 12.8. The van der Waals surface area contributed by atoms with Gasteiger partial charge in [0.25, 0.3) is 10.0 Å². The number of aromatic nitrogens is 2. The number of nitrogens with zero attached hydrogens (tertiary/aromatic N) is 3. The molecule has 0 atom stereocenters. The second kappa shape index (κ2) is 11.4. The molecule has 1 aliphatic heterocycles. The lowest BCUT2D eigenvalue weighted by Gasteiger charge is -2.30. The van der Waals surface area contributed by atoms with E-state index >= 15 is 0 Å². The Hall–Kier alpha value is -3.06. The molecular formula is C25H28ClN5O5S2. The van der Waals surface area contributed by atoms with E-state index in [0.717, 1.165) is 0 Å². The molecule has 1 aliphatic rings. The molecule has 1 amide bonds. The summed E-state index contributed by atoms with van der Waals surface area (Å²) in [5.74, 6) is -0.765. The minimum absolute atomic E-state index is 0.00326. The van der Waals surface area contributed by atoms with Crippen LogP contribution < -0.4 is 10.0 Å². The van der Waals surface area contributed by atoms with Gasteiger partial charge in [0.1, 0.15) is 0 Å². The lowest BCUT2D eigenvalue weighted by atomic mass is 9.97. The van der Waals surface area contributed by atoms with Crippen molar-refractivity contribution in [3.63, 3.8) is 0 Å². The third-order valence-electron chi connectivity index (χ3n) is 6.10. The van der Waals surface area contributed by atoms with E-state index in [1.54, 1.807) is 44.2 Å². The van der Waals surface area contributed by atoms with Crippen LogP contribution in [0.25, 0.3) is 0 Å². The van der Waals surface area contributed by atoms with Crippen LogP contribution in [0.15, 0.2) is 59.5 Å². The lowest BCUT2D eigenvalue weighted by Crippen LogP contribution is -2.41. The summed E-state index contributed by atoms with van der Waals surface area (Å²) in [5, 5.41) is 3.27. The van der Waals surface area contributed by atoms with Crippen LogP contribution in [-0.4, -0.2) is 50.1 Å². The van der Waals surface area contributed by atoms with E-state index in [-0.39, 0.29) is 41.5 Å². The molecule has 1 fully saturated rings.